The topological polar surface area (TPSA) is 82.6 Å². The van der Waals surface area contributed by atoms with Crippen molar-refractivity contribution in [2.45, 2.75) is 6.54 Å². The third-order valence-electron chi connectivity index (χ3n) is 3.21. The number of carbonyl (C=O) groups is 1. The minimum atomic E-state index is -0.0569. The largest absolute Gasteiger partial charge is 0.495 e. The average molecular weight is 260 g/mol. The minimum absolute atomic E-state index is 0.0569. The van der Waals surface area contributed by atoms with Gasteiger partial charge in [0.05, 0.1) is 37.6 Å². The first kappa shape index (κ1) is 13.2. The SMILES string of the molecule is COc1cc2c(cc1N)N(C)C(=O)CN(CC#N)C2. The molecule has 1 aromatic carbocycles. The maximum absolute atomic E-state index is 12.0. The van der Waals surface area contributed by atoms with E-state index in [9.17, 15) is 4.79 Å². The van der Waals surface area contributed by atoms with Gasteiger partial charge in [0.15, 0.2) is 0 Å². The number of methoxy groups -OCH3 is 1. The Morgan fingerprint density at radius 3 is 2.84 bits per heavy atom. The molecule has 0 aliphatic carbocycles. The molecule has 0 aromatic heterocycles. The quantitative estimate of drug-likeness (QED) is 0.621. The van der Waals surface area contributed by atoms with Gasteiger partial charge >= 0.3 is 0 Å². The summed E-state index contributed by atoms with van der Waals surface area (Å²) in [5, 5.41) is 8.79. The normalized spacial score (nSPS) is 15.6. The van der Waals surface area contributed by atoms with Crippen molar-refractivity contribution in [1.82, 2.24) is 4.90 Å². The van der Waals surface area contributed by atoms with E-state index in [0.717, 1.165) is 11.3 Å². The highest BCUT2D eigenvalue weighted by atomic mass is 16.5. The zero-order chi connectivity index (χ0) is 14.0. The molecule has 1 heterocycles. The van der Waals surface area contributed by atoms with Gasteiger partial charge in [-0.15, -0.1) is 0 Å². The number of nitrogen functional groups attached to an aromatic ring is 1. The Morgan fingerprint density at radius 2 is 2.21 bits per heavy atom. The van der Waals surface area contributed by atoms with Gasteiger partial charge in [0.25, 0.3) is 0 Å². The van der Waals surface area contributed by atoms with Crippen LogP contribution < -0.4 is 15.4 Å². The van der Waals surface area contributed by atoms with Crippen LogP contribution in [0.4, 0.5) is 11.4 Å². The van der Waals surface area contributed by atoms with Gasteiger partial charge in [-0.25, -0.2) is 0 Å². The Kier molecular flexibility index (Phi) is 3.58. The maximum atomic E-state index is 12.0. The van der Waals surface area contributed by atoms with Crippen LogP contribution in [0.3, 0.4) is 0 Å². The number of nitrogens with zero attached hydrogens (tertiary/aromatic N) is 3. The van der Waals surface area contributed by atoms with Crippen LogP contribution in [-0.4, -0.2) is 38.1 Å². The van der Waals surface area contributed by atoms with Crippen molar-refractivity contribution in [3.63, 3.8) is 0 Å². The van der Waals surface area contributed by atoms with Gasteiger partial charge in [-0.2, -0.15) is 5.26 Å². The smallest absolute Gasteiger partial charge is 0.240 e. The van der Waals surface area contributed by atoms with Crippen LogP contribution in [0.25, 0.3) is 0 Å². The van der Waals surface area contributed by atoms with Crippen molar-refractivity contribution in [2.75, 3.05) is 37.9 Å². The van der Waals surface area contributed by atoms with Crippen LogP contribution in [0.15, 0.2) is 12.1 Å². The number of rotatable bonds is 2. The Morgan fingerprint density at radius 1 is 1.47 bits per heavy atom. The first-order valence-electron chi connectivity index (χ1n) is 5.89. The van der Waals surface area contributed by atoms with Crippen molar-refractivity contribution in [1.29, 1.82) is 5.26 Å². The molecule has 2 N–H and O–H groups in total. The summed E-state index contributed by atoms with van der Waals surface area (Å²) in [6, 6.07) is 5.63. The molecule has 2 rings (SSSR count). The first-order chi connectivity index (χ1) is 9.06. The van der Waals surface area contributed by atoms with E-state index in [-0.39, 0.29) is 19.0 Å². The molecule has 1 aliphatic heterocycles. The number of likely N-dealkylation sites (N-methyl/N-ethyl adjacent to an activating group) is 1. The van der Waals surface area contributed by atoms with E-state index in [1.807, 2.05) is 6.07 Å². The zero-order valence-electron chi connectivity index (χ0n) is 11.0. The van der Waals surface area contributed by atoms with Gasteiger partial charge < -0.3 is 15.4 Å². The monoisotopic (exact) mass is 260 g/mol. The first-order valence-corrected chi connectivity index (χ1v) is 5.89. The van der Waals surface area contributed by atoms with E-state index in [1.54, 1.807) is 30.0 Å². The molecule has 1 amide bonds. The molecule has 6 nitrogen and oxygen atoms in total. The highest BCUT2D eigenvalue weighted by Gasteiger charge is 2.24. The Bertz CT molecular complexity index is 550. The molecule has 0 radical (unpaired) electrons. The summed E-state index contributed by atoms with van der Waals surface area (Å²) in [5.74, 6) is 0.525. The van der Waals surface area contributed by atoms with Crippen LogP contribution in [0.2, 0.25) is 0 Å². The summed E-state index contributed by atoms with van der Waals surface area (Å²) in [7, 11) is 3.26. The number of nitrogens with two attached hydrogens (primary N) is 1. The number of amides is 1. The Balaban J connectivity index is 2.48. The lowest BCUT2D eigenvalue weighted by Crippen LogP contribution is -2.35. The van der Waals surface area contributed by atoms with Gasteiger partial charge in [-0.3, -0.25) is 9.69 Å². The predicted octanol–water partition coefficient (Wildman–Crippen LogP) is 0.579. The second-order valence-electron chi connectivity index (χ2n) is 4.48. The second-order valence-corrected chi connectivity index (χ2v) is 4.48. The van der Waals surface area contributed by atoms with Crippen LogP contribution in [0.1, 0.15) is 5.56 Å². The highest BCUT2D eigenvalue weighted by Crippen LogP contribution is 2.33. The molecular formula is C13H16N4O2. The maximum Gasteiger partial charge on any atom is 0.240 e. The lowest BCUT2D eigenvalue weighted by molar-refractivity contribution is -0.119. The number of anilines is 2. The molecule has 0 bridgehead atoms. The number of benzene rings is 1. The molecular weight excluding hydrogens is 244 g/mol. The molecule has 0 saturated heterocycles. The van der Waals surface area contributed by atoms with Crippen molar-refractivity contribution in [2.24, 2.45) is 0 Å². The molecule has 0 atom stereocenters. The predicted molar refractivity (Wildman–Crippen MR) is 71.7 cm³/mol. The number of fused-ring (bicyclic) bond motifs is 1. The molecule has 6 heteroatoms. The van der Waals surface area contributed by atoms with Crippen LogP contribution in [0.5, 0.6) is 5.75 Å². The van der Waals surface area contributed by atoms with E-state index in [2.05, 4.69) is 6.07 Å². The summed E-state index contributed by atoms with van der Waals surface area (Å²) in [6.45, 7) is 0.961. The van der Waals surface area contributed by atoms with E-state index >= 15 is 0 Å². The lowest BCUT2D eigenvalue weighted by Gasteiger charge is -2.18. The lowest BCUT2D eigenvalue weighted by atomic mass is 10.1. The third-order valence-corrected chi connectivity index (χ3v) is 3.21. The van der Waals surface area contributed by atoms with Gasteiger partial charge in [0.2, 0.25) is 5.91 Å². The third kappa shape index (κ3) is 2.46. The van der Waals surface area contributed by atoms with E-state index in [4.69, 9.17) is 15.7 Å². The fourth-order valence-electron chi connectivity index (χ4n) is 2.18. The summed E-state index contributed by atoms with van der Waals surface area (Å²) in [4.78, 5) is 15.4. The summed E-state index contributed by atoms with van der Waals surface area (Å²) < 4.78 is 5.20. The average Bonchev–Trinajstić information content (AvgIpc) is 2.49. The molecule has 1 aliphatic rings. The van der Waals surface area contributed by atoms with Crippen molar-refractivity contribution in [3.05, 3.63) is 17.7 Å². The van der Waals surface area contributed by atoms with Gasteiger partial charge in [0.1, 0.15) is 5.75 Å². The molecule has 1 aromatic rings. The zero-order valence-corrected chi connectivity index (χ0v) is 11.0. The number of ether oxygens (including phenoxy) is 1. The van der Waals surface area contributed by atoms with E-state index in [1.165, 1.54) is 0 Å². The van der Waals surface area contributed by atoms with Crippen molar-refractivity contribution < 1.29 is 9.53 Å². The van der Waals surface area contributed by atoms with Gasteiger partial charge in [0, 0.05) is 13.6 Å². The van der Waals surface area contributed by atoms with Gasteiger partial charge in [-0.05, 0) is 17.7 Å². The molecule has 0 saturated carbocycles. The molecule has 0 unspecified atom stereocenters. The Labute approximate surface area is 112 Å². The molecule has 19 heavy (non-hydrogen) atoms. The fraction of sp³-hybridized carbons (Fsp3) is 0.385. The summed E-state index contributed by atoms with van der Waals surface area (Å²) >= 11 is 0. The van der Waals surface area contributed by atoms with Gasteiger partial charge in [-0.1, -0.05) is 0 Å². The second kappa shape index (κ2) is 5.16. The number of hydrogen-bond acceptors (Lipinski definition) is 5. The summed E-state index contributed by atoms with van der Waals surface area (Å²) in [6.07, 6.45) is 0. The Hall–Kier alpha value is -2.26. The number of carbonyl (C=O) groups excluding carboxylic acids is 1. The van der Waals surface area contributed by atoms with E-state index in [0.29, 0.717) is 18.0 Å². The van der Waals surface area contributed by atoms with E-state index < -0.39 is 0 Å². The number of hydrogen-bond donors (Lipinski definition) is 1. The fourth-order valence-corrected chi connectivity index (χ4v) is 2.18. The molecule has 0 fully saturated rings. The minimum Gasteiger partial charge on any atom is -0.495 e. The summed E-state index contributed by atoms with van der Waals surface area (Å²) in [5.41, 5.74) is 8.07. The molecule has 0 spiro atoms. The van der Waals surface area contributed by atoms with Crippen molar-refractivity contribution in [3.8, 4) is 11.8 Å². The number of nitriles is 1. The van der Waals surface area contributed by atoms with Crippen LogP contribution in [0, 0.1) is 11.3 Å². The molecule has 100 valence electrons. The van der Waals surface area contributed by atoms with Crippen molar-refractivity contribution >= 4 is 17.3 Å². The standard InChI is InChI=1S/C13H16N4O2/c1-16-11-6-10(15)12(19-2)5-9(11)7-17(4-3-14)8-13(16)18/h5-6H,4,7-8,15H2,1-2H3. The van der Waals surface area contributed by atoms with Crippen LogP contribution in [-0.2, 0) is 11.3 Å². The highest BCUT2D eigenvalue weighted by molar-refractivity contribution is 5.96. The van der Waals surface area contributed by atoms with Crippen LogP contribution >= 0.6 is 0 Å².